The highest BCUT2D eigenvalue weighted by Crippen LogP contribution is 2.38. The van der Waals surface area contributed by atoms with Gasteiger partial charge in [-0.25, -0.2) is 0 Å². The van der Waals surface area contributed by atoms with E-state index in [-0.39, 0.29) is 18.3 Å². The molecule has 5 heteroatoms. The fraction of sp³-hybridized carbons (Fsp3) is 0.500. The van der Waals surface area contributed by atoms with Crippen LogP contribution < -0.4 is 5.32 Å². The zero-order chi connectivity index (χ0) is 15.7. The van der Waals surface area contributed by atoms with Crippen molar-refractivity contribution in [1.82, 2.24) is 5.32 Å². The van der Waals surface area contributed by atoms with Crippen molar-refractivity contribution >= 4 is 25.8 Å². The molecule has 0 amide bonds. The summed E-state index contributed by atoms with van der Waals surface area (Å²) in [6, 6.07) is 8.01. The Labute approximate surface area is 133 Å². The van der Waals surface area contributed by atoms with Crippen LogP contribution in [0.15, 0.2) is 34.6 Å². The van der Waals surface area contributed by atoms with Gasteiger partial charge < -0.3 is 14.6 Å². The Hall–Kier alpha value is -0.745. The molecule has 114 valence electrons. The van der Waals surface area contributed by atoms with Crippen LogP contribution in [0.5, 0.6) is 0 Å². The number of hydrogen-bond acceptors (Lipinski definition) is 4. The average Bonchev–Trinajstić information content (AvgIpc) is 2.60. The first-order chi connectivity index (χ1) is 9.77. The minimum atomic E-state index is -0.338. The van der Waals surface area contributed by atoms with Gasteiger partial charge in [0.1, 0.15) is 0 Å². The van der Waals surface area contributed by atoms with Crippen LogP contribution in [0.2, 0.25) is 0 Å². The predicted octanol–water partition coefficient (Wildman–Crippen LogP) is 3.21. The third-order valence-electron chi connectivity index (χ3n) is 4.21. The molecular weight excluding hydrogens is 281 g/mol. The van der Waals surface area contributed by atoms with Gasteiger partial charge in [0, 0.05) is 11.4 Å². The molecule has 1 fully saturated rings. The van der Waals surface area contributed by atoms with Crippen molar-refractivity contribution in [2.24, 2.45) is 0 Å². The Balaban J connectivity index is 2.31. The van der Waals surface area contributed by atoms with Crippen molar-refractivity contribution in [3.05, 3.63) is 35.3 Å². The van der Waals surface area contributed by atoms with Crippen LogP contribution in [0.3, 0.4) is 0 Å². The van der Waals surface area contributed by atoms with E-state index in [1.165, 1.54) is 0 Å². The summed E-state index contributed by atoms with van der Waals surface area (Å²) in [6.07, 6.45) is 2.10. The monoisotopic (exact) mass is 305 g/mol. The Morgan fingerprint density at radius 3 is 2.29 bits per heavy atom. The van der Waals surface area contributed by atoms with Crippen molar-refractivity contribution in [1.29, 1.82) is 0 Å². The summed E-state index contributed by atoms with van der Waals surface area (Å²) in [5.41, 5.74) is 1.48. The Bertz CT molecular complexity index is 527. The van der Waals surface area contributed by atoms with E-state index in [2.05, 4.69) is 51.7 Å². The van der Waals surface area contributed by atoms with Gasteiger partial charge in [0.05, 0.1) is 11.2 Å². The number of rotatable bonds is 4. The van der Waals surface area contributed by atoms with Crippen molar-refractivity contribution in [3.63, 3.8) is 0 Å². The lowest BCUT2D eigenvalue weighted by atomic mass is 9.77. The summed E-state index contributed by atoms with van der Waals surface area (Å²) in [5.74, 6) is 0. The molecule has 0 atom stereocenters. The molecule has 0 spiro atoms. The highest BCUT2D eigenvalue weighted by molar-refractivity contribution is 7.80. The van der Waals surface area contributed by atoms with Crippen LogP contribution in [0.25, 0.3) is 6.08 Å². The highest BCUT2D eigenvalue weighted by Gasteiger charge is 2.52. The lowest BCUT2D eigenvalue weighted by Crippen LogP contribution is -2.41. The van der Waals surface area contributed by atoms with E-state index in [0.717, 1.165) is 15.9 Å². The van der Waals surface area contributed by atoms with Gasteiger partial charge in [-0.05, 0) is 51.8 Å². The molecule has 1 aliphatic rings. The fourth-order valence-electron chi connectivity index (χ4n) is 2.21. The van der Waals surface area contributed by atoms with Crippen molar-refractivity contribution < 1.29 is 9.31 Å². The molecule has 2 rings (SSSR count). The summed E-state index contributed by atoms with van der Waals surface area (Å²) in [4.78, 5) is 0.947. The maximum Gasteiger partial charge on any atom is 0.491 e. The zero-order valence-corrected chi connectivity index (χ0v) is 14.3. The molecule has 1 N–H and O–H groups in total. The molecule has 1 saturated heterocycles. The van der Waals surface area contributed by atoms with E-state index in [4.69, 9.17) is 9.31 Å². The Kier molecular flexibility index (Phi) is 4.88. The van der Waals surface area contributed by atoms with Crippen molar-refractivity contribution in [2.75, 3.05) is 13.6 Å². The van der Waals surface area contributed by atoms with Gasteiger partial charge in [0.15, 0.2) is 0 Å². The van der Waals surface area contributed by atoms with Crippen molar-refractivity contribution in [2.45, 2.75) is 43.8 Å². The SMILES string of the molecule is CNCC(=Cc1ccccc1S)B1OC(C)(C)C(C)(C)O1. The van der Waals surface area contributed by atoms with E-state index < -0.39 is 0 Å². The Morgan fingerprint density at radius 1 is 1.19 bits per heavy atom. The largest absolute Gasteiger partial charge is 0.491 e. The summed E-state index contributed by atoms with van der Waals surface area (Å²) >= 11 is 4.50. The number of thiol groups is 1. The van der Waals surface area contributed by atoms with E-state index in [1.54, 1.807) is 0 Å². The molecular formula is C16H24BNO2S. The molecule has 0 bridgehead atoms. The van der Waals surface area contributed by atoms with Crippen LogP contribution in [-0.2, 0) is 9.31 Å². The smallest absolute Gasteiger partial charge is 0.400 e. The molecule has 0 aromatic heterocycles. The van der Waals surface area contributed by atoms with Gasteiger partial charge in [-0.2, -0.15) is 0 Å². The molecule has 1 aromatic carbocycles. The van der Waals surface area contributed by atoms with Crippen molar-refractivity contribution in [3.8, 4) is 0 Å². The quantitative estimate of drug-likeness (QED) is 0.661. The first-order valence-electron chi connectivity index (χ1n) is 7.25. The minimum absolute atomic E-state index is 0.328. The third kappa shape index (κ3) is 3.54. The van der Waals surface area contributed by atoms with Crippen LogP contribution >= 0.6 is 12.6 Å². The van der Waals surface area contributed by atoms with Gasteiger partial charge in [-0.3, -0.25) is 0 Å². The lowest BCUT2D eigenvalue weighted by molar-refractivity contribution is 0.00578. The fourth-order valence-corrected chi connectivity index (χ4v) is 2.44. The summed E-state index contributed by atoms with van der Waals surface area (Å²) in [6.45, 7) is 8.97. The van der Waals surface area contributed by atoms with E-state index in [0.29, 0.717) is 6.54 Å². The number of benzene rings is 1. The maximum atomic E-state index is 6.14. The molecule has 1 heterocycles. The maximum absolute atomic E-state index is 6.14. The topological polar surface area (TPSA) is 30.5 Å². The van der Waals surface area contributed by atoms with Gasteiger partial charge in [0.25, 0.3) is 0 Å². The first-order valence-corrected chi connectivity index (χ1v) is 7.70. The molecule has 0 unspecified atom stereocenters. The Morgan fingerprint density at radius 2 is 1.76 bits per heavy atom. The van der Waals surface area contributed by atoms with Crippen LogP contribution in [-0.4, -0.2) is 31.9 Å². The van der Waals surface area contributed by atoms with Gasteiger partial charge >= 0.3 is 7.12 Å². The van der Waals surface area contributed by atoms with Gasteiger partial charge in [0.2, 0.25) is 0 Å². The standard InChI is InChI=1S/C16H24BNO2S/c1-15(2)16(3,4)20-17(19-15)13(11-18-5)10-12-8-6-7-9-14(12)21/h6-10,18,21H,11H2,1-5H3. The predicted molar refractivity (Wildman–Crippen MR) is 91.7 cm³/mol. The second-order valence-electron chi connectivity index (χ2n) is 6.40. The van der Waals surface area contributed by atoms with Gasteiger partial charge in [-0.1, -0.05) is 24.3 Å². The number of nitrogens with one attached hydrogen (secondary N) is 1. The summed E-state index contributed by atoms with van der Waals surface area (Å²) < 4.78 is 12.3. The summed E-state index contributed by atoms with van der Waals surface area (Å²) in [7, 11) is 1.58. The third-order valence-corrected chi connectivity index (χ3v) is 4.62. The second kappa shape index (κ2) is 6.17. The zero-order valence-electron chi connectivity index (χ0n) is 13.4. The molecule has 1 aliphatic heterocycles. The minimum Gasteiger partial charge on any atom is -0.400 e. The van der Waals surface area contributed by atoms with Gasteiger partial charge in [-0.15, -0.1) is 12.6 Å². The molecule has 21 heavy (non-hydrogen) atoms. The highest BCUT2D eigenvalue weighted by atomic mass is 32.1. The van der Waals surface area contributed by atoms with E-state index in [1.807, 2.05) is 31.3 Å². The first kappa shape index (κ1) is 16.6. The number of likely N-dealkylation sites (N-methyl/N-ethyl adjacent to an activating group) is 1. The van der Waals surface area contributed by atoms with Crippen LogP contribution in [0, 0.1) is 0 Å². The molecule has 3 nitrogen and oxygen atoms in total. The lowest BCUT2D eigenvalue weighted by Gasteiger charge is -2.32. The van der Waals surface area contributed by atoms with Crippen LogP contribution in [0.4, 0.5) is 0 Å². The van der Waals surface area contributed by atoms with E-state index in [9.17, 15) is 0 Å². The molecule has 0 aliphatic carbocycles. The molecule has 1 aromatic rings. The number of hydrogen-bond donors (Lipinski definition) is 2. The average molecular weight is 305 g/mol. The van der Waals surface area contributed by atoms with E-state index >= 15 is 0 Å². The molecule has 0 radical (unpaired) electrons. The summed E-state index contributed by atoms with van der Waals surface area (Å²) in [5, 5.41) is 3.19. The van der Waals surface area contributed by atoms with Crippen LogP contribution in [0.1, 0.15) is 33.3 Å². The molecule has 0 saturated carbocycles. The normalized spacial score (nSPS) is 20.9. The second-order valence-corrected chi connectivity index (χ2v) is 6.88.